The summed E-state index contributed by atoms with van der Waals surface area (Å²) in [7, 11) is 0. The Morgan fingerprint density at radius 1 is 0.667 bits per heavy atom. The largest absolute Gasteiger partial charge is 0.338 e. The molecule has 212 valence electrons. The number of carbonyl (C=O) groups is 3. The first kappa shape index (κ1) is 27.6. The Morgan fingerprint density at radius 3 is 1.81 bits per heavy atom. The zero-order chi connectivity index (χ0) is 29.1. The molecule has 6 nitrogen and oxygen atoms in total. The van der Waals surface area contributed by atoms with Crippen molar-refractivity contribution >= 4 is 17.6 Å². The van der Waals surface area contributed by atoms with E-state index in [1.54, 1.807) is 17.0 Å². The molecule has 2 aliphatic rings. The molecule has 6 rings (SSSR count). The molecule has 2 heterocycles. The van der Waals surface area contributed by atoms with Crippen LogP contribution in [-0.4, -0.2) is 59.6 Å². The lowest BCUT2D eigenvalue weighted by molar-refractivity contribution is -0.136. The second-order valence-electron chi connectivity index (χ2n) is 11.1. The van der Waals surface area contributed by atoms with Gasteiger partial charge in [-0.05, 0) is 30.2 Å². The number of nitrogens with zero attached hydrogens (tertiary/aromatic N) is 2. The fourth-order valence-corrected chi connectivity index (χ4v) is 6.54. The van der Waals surface area contributed by atoms with Gasteiger partial charge in [0, 0.05) is 43.2 Å². The zero-order valence-corrected chi connectivity index (χ0v) is 23.7. The second-order valence-corrected chi connectivity index (χ2v) is 11.1. The predicted molar refractivity (Wildman–Crippen MR) is 163 cm³/mol. The topological polar surface area (TPSA) is 69.7 Å². The normalized spacial score (nSPS) is 22.1. The number of amides is 2. The summed E-state index contributed by atoms with van der Waals surface area (Å²) < 4.78 is 0. The molecule has 4 atom stereocenters. The SMILES string of the molecule is Cc1ccc(C2C(C(=O)c3ccccc3)C(c3ccccc3)C(C(=O)N3CCNCC3)N2C(=O)c2ccccc2)cc1. The molecule has 0 bridgehead atoms. The maximum Gasteiger partial charge on any atom is 0.255 e. The summed E-state index contributed by atoms with van der Waals surface area (Å²) in [6.07, 6.45) is 0. The van der Waals surface area contributed by atoms with Gasteiger partial charge in [-0.15, -0.1) is 0 Å². The number of hydrogen-bond donors (Lipinski definition) is 1. The number of piperazine rings is 1. The second kappa shape index (κ2) is 12.1. The molecule has 2 aliphatic heterocycles. The molecule has 0 spiro atoms. The number of carbonyl (C=O) groups excluding carboxylic acids is 3. The van der Waals surface area contributed by atoms with Crippen LogP contribution in [0.2, 0.25) is 0 Å². The number of benzene rings is 4. The van der Waals surface area contributed by atoms with Gasteiger partial charge < -0.3 is 15.1 Å². The van der Waals surface area contributed by atoms with Gasteiger partial charge >= 0.3 is 0 Å². The average molecular weight is 558 g/mol. The van der Waals surface area contributed by atoms with Crippen LogP contribution in [0, 0.1) is 12.8 Å². The van der Waals surface area contributed by atoms with Crippen molar-refractivity contribution in [3.63, 3.8) is 0 Å². The number of aryl methyl sites for hydroxylation is 1. The van der Waals surface area contributed by atoms with Crippen molar-refractivity contribution in [1.82, 2.24) is 15.1 Å². The van der Waals surface area contributed by atoms with Gasteiger partial charge in [0.1, 0.15) is 6.04 Å². The average Bonchev–Trinajstić information content (AvgIpc) is 3.41. The van der Waals surface area contributed by atoms with Crippen molar-refractivity contribution in [2.24, 2.45) is 5.92 Å². The Labute approximate surface area is 247 Å². The number of rotatable bonds is 6. The van der Waals surface area contributed by atoms with Gasteiger partial charge in [0.2, 0.25) is 5.91 Å². The zero-order valence-electron chi connectivity index (χ0n) is 23.7. The molecule has 42 heavy (non-hydrogen) atoms. The molecule has 6 heteroatoms. The smallest absolute Gasteiger partial charge is 0.255 e. The molecule has 4 aromatic rings. The fourth-order valence-electron chi connectivity index (χ4n) is 6.54. The van der Waals surface area contributed by atoms with Crippen LogP contribution in [0.1, 0.15) is 49.4 Å². The van der Waals surface area contributed by atoms with Gasteiger partial charge in [0.25, 0.3) is 5.91 Å². The highest BCUT2D eigenvalue weighted by molar-refractivity contribution is 6.04. The Morgan fingerprint density at radius 2 is 1.21 bits per heavy atom. The number of likely N-dealkylation sites (tertiary alicyclic amines) is 1. The highest BCUT2D eigenvalue weighted by atomic mass is 16.2. The van der Waals surface area contributed by atoms with Crippen LogP contribution >= 0.6 is 0 Å². The van der Waals surface area contributed by atoms with Crippen LogP contribution in [0.5, 0.6) is 0 Å². The minimum absolute atomic E-state index is 0.0727. The highest BCUT2D eigenvalue weighted by Gasteiger charge is 2.58. The molecule has 4 unspecified atom stereocenters. The Kier molecular flexibility index (Phi) is 7.97. The molecule has 0 aromatic heterocycles. The van der Waals surface area contributed by atoms with E-state index in [0.717, 1.165) is 16.7 Å². The maximum atomic E-state index is 14.7. The van der Waals surface area contributed by atoms with Crippen LogP contribution in [-0.2, 0) is 4.79 Å². The summed E-state index contributed by atoms with van der Waals surface area (Å²) in [5.74, 6) is -1.66. The molecule has 1 N–H and O–H groups in total. The van der Waals surface area contributed by atoms with Gasteiger partial charge in [-0.2, -0.15) is 0 Å². The summed E-state index contributed by atoms with van der Waals surface area (Å²) in [5, 5.41) is 3.32. The van der Waals surface area contributed by atoms with Crippen molar-refractivity contribution in [3.05, 3.63) is 143 Å². The summed E-state index contributed by atoms with van der Waals surface area (Å²) in [6.45, 7) is 4.50. The van der Waals surface area contributed by atoms with Crippen molar-refractivity contribution in [1.29, 1.82) is 0 Å². The van der Waals surface area contributed by atoms with E-state index in [-0.39, 0.29) is 17.6 Å². The Bertz CT molecular complexity index is 1530. The van der Waals surface area contributed by atoms with Crippen molar-refractivity contribution < 1.29 is 14.4 Å². The third-order valence-electron chi connectivity index (χ3n) is 8.57. The fraction of sp³-hybridized carbons (Fsp3) is 0.250. The Hall–Kier alpha value is -4.55. The molecular weight excluding hydrogens is 522 g/mol. The van der Waals surface area contributed by atoms with E-state index in [0.29, 0.717) is 37.3 Å². The van der Waals surface area contributed by atoms with Crippen molar-refractivity contribution in [2.45, 2.75) is 24.9 Å². The highest BCUT2D eigenvalue weighted by Crippen LogP contribution is 2.52. The van der Waals surface area contributed by atoms with Gasteiger partial charge in [0.15, 0.2) is 5.78 Å². The molecule has 2 amide bonds. The molecule has 0 radical (unpaired) electrons. The molecule has 0 saturated carbocycles. The van der Waals surface area contributed by atoms with Crippen molar-refractivity contribution in [2.75, 3.05) is 26.2 Å². The number of nitrogens with one attached hydrogen (secondary N) is 1. The molecule has 2 fully saturated rings. The van der Waals surface area contributed by atoms with E-state index in [2.05, 4.69) is 5.32 Å². The first-order valence-corrected chi connectivity index (χ1v) is 14.6. The van der Waals surface area contributed by atoms with Crippen LogP contribution < -0.4 is 5.32 Å². The third kappa shape index (κ3) is 5.26. The van der Waals surface area contributed by atoms with E-state index < -0.39 is 23.9 Å². The lowest BCUT2D eigenvalue weighted by Gasteiger charge is -2.36. The van der Waals surface area contributed by atoms with Gasteiger partial charge in [0.05, 0.1) is 12.0 Å². The van der Waals surface area contributed by atoms with Crippen LogP contribution in [0.3, 0.4) is 0 Å². The third-order valence-corrected chi connectivity index (χ3v) is 8.57. The first-order valence-electron chi connectivity index (χ1n) is 14.6. The van der Waals surface area contributed by atoms with Crippen LogP contribution in [0.15, 0.2) is 115 Å². The first-order chi connectivity index (χ1) is 20.5. The van der Waals surface area contributed by atoms with Gasteiger partial charge in [-0.3, -0.25) is 14.4 Å². The van der Waals surface area contributed by atoms with Crippen LogP contribution in [0.25, 0.3) is 0 Å². The molecule has 0 aliphatic carbocycles. The quantitative estimate of drug-likeness (QED) is 0.328. The lowest BCUT2D eigenvalue weighted by Crippen LogP contribution is -2.54. The molecule has 2 saturated heterocycles. The van der Waals surface area contributed by atoms with E-state index in [9.17, 15) is 14.4 Å². The summed E-state index contributed by atoms with van der Waals surface area (Å²) in [6, 6.07) is 34.6. The summed E-state index contributed by atoms with van der Waals surface area (Å²) in [4.78, 5) is 47.5. The van der Waals surface area contributed by atoms with Crippen molar-refractivity contribution in [3.8, 4) is 0 Å². The van der Waals surface area contributed by atoms with E-state index in [4.69, 9.17) is 0 Å². The standard InChI is InChI=1S/C36H35N3O3/c1-25-17-19-27(20-18-25)32-31(34(40)28-13-7-3-8-14-28)30(26-11-5-2-6-12-26)33(36(42)38-23-21-37-22-24-38)39(32)35(41)29-15-9-4-10-16-29/h2-20,30-33,37H,21-24H2,1H3. The number of hydrogen-bond acceptors (Lipinski definition) is 4. The molecular formula is C36H35N3O3. The van der Waals surface area contributed by atoms with E-state index >= 15 is 0 Å². The van der Waals surface area contributed by atoms with Crippen LogP contribution in [0.4, 0.5) is 0 Å². The maximum absolute atomic E-state index is 14.7. The van der Waals surface area contributed by atoms with E-state index in [1.807, 2.05) is 115 Å². The monoisotopic (exact) mass is 557 g/mol. The number of ketones is 1. The minimum Gasteiger partial charge on any atom is -0.338 e. The lowest BCUT2D eigenvalue weighted by atomic mass is 9.76. The minimum atomic E-state index is -0.859. The van der Waals surface area contributed by atoms with E-state index in [1.165, 1.54) is 0 Å². The van der Waals surface area contributed by atoms with Gasteiger partial charge in [-0.25, -0.2) is 0 Å². The summed E-state index contributed by atoms with van der Waals surface area (Å²) in [5.41, 5.74) is 3.86. The van der Waals surface area contributed by atoms with Gasteiger partial charge in [-0.1, -0.05) is 109 Å². The summed E-state index contributed by atoms with van der Waals surface area (Å²) >= 11 is 0. The Balaban J connectivity index is 1.60. The number of Topliss-reactive ketones (excluding diaryl/α,β-unsaturated/α-hetero) is 1. The molecule has 4 aromatic carbocycles. The predicted octanol–water partition coefficient (Wildman–Crippen LogP) is 5.28.